The molecule has 1 N–H and O–H groups in total. The quantitative estimate of drug-likeness (QED) is 0.656. The average Bonchev–Trinajstić information content (AvgIpc) is 3.24. The predicted molar refractivity (Wildman–Crippen MR) is 95.0 cm³/mol. The third-order valence-corrected chi connectivity index (χ3v) is 5.27. The molecule has 0 saturated heterocycles. The molecule has 2 heterocycles. The molecule has 0 bridgehead atoms. The van der Waals surface area contributed by atoms with Gasteiger partial charge in [0.15, 0.2) is 0 Å². The first-order chi connectivity index (χ1) is 11.7. The minimum atomic E-state index is -0.0334. The SMILES string of the molecule is Cc1ccccc1CNC(=O)CSc1nnnn1Cc1cccs1. The summed E-state index contributed by atoms with van der Waals surface area (Å²) in [5, 5.41) is 17.3. The van der Waals surface area contributed by atoms with Gasteiger partial charge in [-0.25, -0.2) is 4.68 Å². The summed E-state index contributed by atoms with van der Waals surface area (Å²) in [5.74, 6) is 0.255. The van der Waals surface area contributed by atoms with Crippen molar-refractivity contribution >= 4 is 29.0 Å². The van der Waals surface area contributed by atoms with Crippen LogP contribution in [0, 0.1) is 6.92 Å². The Bertz CT molecular complexity index is 800. The Morgan fingerprint density at radius 3 is 2.96 bits per heavy atom. The molecule has 0 saturated carbocycles. The van der Waals surface area contributed by atoms with E-state index in [4.69, 9.17) is 0 Å². The standard InChI is InChI=1S/C16H17N5OS2/c1-12-5-2-3-6-13(12)9-17-15(22)11-24-16-18-19-20-21(16)10-14-7-4-8-23-14/h2-8H,9-11H2,1H3,(H,17,22). The van der Waals surface area contributed by atoms with Crippen LogP contribution in [0.4, 0.5) is 0 Å². The van der Waals surface area contributed by atoms with Gasteiger partial charge in [-0.15, -0.1) is 16.4 Å². The fraction of sp³-hybridized carbons (Fsp3) is 0.250. The van der Waals surface area contributed by atoms with Crippen LogP contribution in [0.5, 0.6) is 0 Å². The maximum atomic E-state index is 12.0. The fourth-order valence-electron chi connectivity index (χ4n) is 2.13. The second-order valence-corrected chi connectivity index (χ2v) is 7.17. The van der Waals surface area contributed by atoms with Crippen LogP contribution >= 0.6 is 23.1 Å². The van der Waals surface area contributed by atoms with Crippen molar-refractivity contribution in [2.75, 3.05) is 5.75 Å². The van der Waals surface area contributed by atoms with Gasteiger partial charge in [-0.05, 0) is 39.9 Å². The van der Waals surface area contributed by atoms with E-state index < -0.39 is 0 Å². The Morgan fingerprint density at radius 1 is 1.29 bits per heavy atom. The Balaban J connectivity index is 1.50. The predicted octanol–water partition coefficient (Wildman–Crippen LogP) is 2.50. The van der Waals surface area contributed by atoms with Crippen LogP contribution in [0.1, 0.15) is 16.0 Å². The number of tetrazole rings is 1. The number of carbonyl (C=O) groups excluding carboxylic acids is 1. The van der Waals surface area contributed by atoms with E-state index in [0.29, 0.717) is 18.2 Å². The molecule has 0 aliphatic carbocycles. The van der Waals surface area contributed by atoms with Crippen LogP contribution in [-0.2, 0) is 17.9 Å². The number of thioether (sulfide) groups is 1. The minimum Gasteiger partial charge on any atom is -0.351 e. The highest BCUT2D eigenvalue weighted by Gasteiger charge is 2.11. The summed E-state index contributed by atoms with van der Waals surface area (Å²) in [4.78, 5) is 13.2. The molecule has 0 fully saturated rings. The summed E-state index contributed by atoms with van der Waals surface area (Å²) in [6, 6.07) is 12.1. The molecule has 24 heavy (non-hydrogen) atoms. The van der Waals surface area contributed by atoms with Crippen LogP contribution in [0.25, 0.3) is 0 Å². The highest BCUT2D eigenvalue weighted by Crippen LogP contribution is 2.17. The molecule has 0 aliphatic heterocycles. The van der Waals surface area contributed by atoms with Crippen LogP contribution in [0.3, 0.4) is 0 Å². The lowest BCUT2D eigenvalue weighted by molar-refractivity contribution is -0.118. The summed E-state index contributed by atoms with van der Waals surface area (Å²) in [6.45, 7) is 3.19. The Kier molecular flexibility index (Phi) is 5.60. The second kappa shape index (κ2) is 8.07. The number of nitrogens with zero attached hydrogens (tertiary/aromatic N) is 4. The molecule has 0 unspecified atom stereocenters. The largest absolute Gasteiger partial charge is 0.351 e. The number of amides is 1. The highest BCUT2D eigenvalue weighted by molar-refractivity contribution is 7.99. The Hall–Kier alpha value is -2.19. The first-order valence-corrected chi connectivity index (χ1v) is 9.31. The van der Waals surface area contributed by atoms with Crippen molar-refractivity contribution in [1.29, 1.82) is 0 Å². The number of hydrogen-bond donors (Lipinski definition) is 1. The number of benzene rings is 1. The highest BCUT2D eigenvalue weighted by atomic mass is 32.2. The summed E-state index contributed by atoms with van der Waals surface area (Å²) in [7, 11) is 0. The number of carbonyl (C=O) groups is 1. The van der Waals surface area contributed by atoms with Gasteiger partial charge in [0.25, 0.3) is 0 Å². The maximum absolute atomic E-state index is 12.0. The van der Waals surface area contributed by atoms with Crippen molar-refractivity contribution in [3.05, 3.63) is 57.8 Å². The van der Waals surface area contributed by atoms with Gasteiger partial charge in [-0.1, -0.05) is 42.1 Å². The molecule has 8 heteroatoms. The molecular formula is C16H17N5OS2. The first kappa shape index (κ1) is 16.7. The molecule has 3 rings (SSSR count). The molecular weight excluding hydrogens is 342 g/mol. The monoisotopic (exact) mass is 359 g/mol. The molecule has 3 aromatic rings. The lowest BCUT2D eigenvalue weighted by atomic mass is 10.1. The van der Waals surface area contributed by atoms with Gasteiger partial charge in [-0.3, -0.25) is 4.79 Å². The second-order valence-electron chi connectivity index (χ2n) is 5.19. The lowest BCUT2D eigenvalue weighted by Gasteiger charge is -2.07. The zero-order valence-corrected chi connectivity index (χ0v) is 14.8. The van der Waals surface area contributed by atoms with Gasteiger partial charge in [0, 0.05) is 11.4 Å². The molecule has 1 amide bonds. The van der Waals surface area contributed by atoms with Crippen LogP contribution in [0.2, 0.25) is 0 Å². The van der Waals surface area contributed by atoms with Crippen molar-refractivity contribution in [1.82, 2.24) is 25.5 Å². The van der Waals surface area contributed by atoms with E-state index in [9.17, 15) is 4.79 Å². The Morgan fingerprint density at radius 2 is 2.17 bits per heavy atom. The molecule has 2 aromatic heterocycles. The smallest absolute Gasteiger partial charge is 0.230 e. The van der Waals surface area contributed by atoms with Gasteiger partial charge >= 0.3 is 0 Å². The van der Waals surface area contributed by atoms with E-state index in [2.05, 4.69) is 20.8 Å². The van der Waals surface area contributed by atoms with E-state index in [-0.39, 0.29) is 11.7 Å². The van der Waals surface area contributed by atoms with Gasteiger partial charge in [0.2, 0.25) is 11.1 Å². The summed E-state index contributed by atoms with van der Waals surface area (Å²) in [6.07, 6.45) is 0. The number of nitrogens with one attached hydrogen (secondary N) is 1. The molecule has 6 nitrogen and oxygen atoms in total. The molecule has 0 radical (unpaired) electrons. The van der Waals surface area contributed by atoms with Crippen LogP contribution < -0.4 is 5.32 Å². The zero-order valence-electron chi connectivity index (χ0n) is 13.2. The van der Waals surface area contributed by atoms with E-state index in [1.807, 2.05) is 48.7 Å². The number of aryl methyl sites for hydroxylation is 1. The Labute approximate surface area is 148 Å². The van der Waals surface area contributed by atoms with Crippen LogP contribution in [0.15, 0.2) is 46.9 Å². The third kappa shape index (κ3) is 4.42. The fourth-order valence-corrected chi connectivity index (χ4v) is 3.53. The zero-order chi connectivity index (χ0) is 16.8. The maximum Gasteiger partial charge on any atom is 0.230 e. The molecule has 1 aromatic carbocycles. The van der Waals surface area contributed by atoms with Gasteiger partial charge in [-0.2, -0.15) is 0 Å². The molecule has 0 spiro atoms. The van der Waals surface area contributed by atoms with Crippen LogP contribution in [-0.4, -0.2) is 31.9 Å². The van der Waals surface area contributed by atoms with Crippen molar-refractivity contribution in [3.63, 3.8) is 0 Å². The number of aromatic nitrogens is 4. The topological polar surface area (TPSA) is 72.7 Å². The van der Waals surface area contributed by atoms with Gasteiger partial charge in [0.1, 0.15) is 0 Å². The number of hydrogen-bond acceptors (Lipinski definition) is 6. The normalized spacial score (nSPS) is 10.7. The van der Waals surface area contributed by atoms with E-state index >= 15 is 0 Å². The van der Waals surface area contributed by atoms with E-state index in [1.54, 1.807) is 16.0 Å². The number of thiophene rings is 1. The molecule has 0 aliphatic rings. The molecule has 124 valence electrons. The lowest BCUT2D eigenvalue weighted by Crippen LogP contribution is -2.25. The third-order valence-electron chi connectivity index (χ3n) is 3.45. The van der Waals surface area contributed by atoms with Gasteiger partial charge < -0.3 is 5.32 Å². The average molecular weight is 359 g/mol. The van der Waals surface area contributed by atoms with Crippen molar-refractivity contribution in [3.8, 4) is 0 Å². The summed E-state index contributed by atoms with van der Waals surface area (Å²) < 4.78 is 1.71. The van der Waals surface area contributed by atoms with Gasteiger partial charge in [0.05, 0.1) is 12.3 Å². The van der Waals surface area contributed by atoms with Crippen molar-refractivity contribution in [2.45, 2.75) is 25.2 Å². The number of rotatable bonds is 7. The first-order valence-electron chi connectivity index (χ1n) is 7.45. The van der Waals surface area contributed by atoms with E-state index in [0.717, 1.165) is 5.56 Å². The summed E-state index contributed by atoms with van der Waals surface area (Å²) in [5.41, 5.74) is 2.30. The van der Waals surface area contributed by atoms with Crippen molar-refractivity contribution < 1.29 is 4.79 Å². The molecule has 0 atom stereocenters. The van der Waals surface area contributed by atoms with Crippen molar-refractivity contribution in [2.24, 2.45) is 0 Å². The van der Waals surface area contributed by atoms with E-state index in [1.165, 1.54) is 22.2 Å². The minimum absolute atomic E-state index is 0.0334. The summed E-state index contributed by atoms with van der Waals surface area (Å²) >= 11 is 3.00.